The third-order valence-electron chi connectivity index (χ3n) is 3.61. The third-order valence-corrected chi connectivity index (χ3v) is 3.61. The van der Waals surface area contributed by atoms with E-state index in [-0.39, 0.29) is 0 Å². The van der Waals surface area contributed by atoms with Gasteiger partial charge in [0.15, 0.2) is 0 Å². The van der Waals surface area contributed by atoms with Crippen LogP contribution in [0.15, 0.2) is 54.6 Å². The summed E-state index contributed by atoms with van der Waals surface area (Å²) < 4.78 is 5.34. The molecule has 0 aromatic heterocycles. The Balaban J connectivity index is 2.11. The first-order chi connectivity index (χ1) is 10.8. The summed E-state index contributed by atoms with van der Waals surface area (Å²) in [6, 6.07) is 17.6. The maximum Gasteiger partial charge on any atom is 0.312 e. The van der Waals surface area contributed by atoms with Crippen LogP contribution in [0.4, 0.5) is 0 Å². The fraction of sp³-hybridized carbons (Fsp3) is 0.350. The monoisotopic (exact) mass is 312 g/mol. The predicted octanol–water partition coefficient (Wildman–Crippen LogP) is 4.36. The number of carbonyl (C=O) groups excluding carboxylic acids is 1. The van der Waals surface area contributed by atoms with Crippen molar-refractivity contribution in [2.45, 2.75) is 39.4 Å². The molecule has 0 heterocycles. The Kier molecular flexibility index (Phi) is 5.22. The van der Waals surface area contributed by atoms with Gasteiger partial charge in [-0.15, -0.1) is 0 Å². The summed E-state index contributed by atoms with van der Waals surface area (Å²) in [6.07, 6.45) is -0.880. The van der Waals surface area contributed by atoms with E-state index in [0.29, 0.717) is 5.56 Å². The van der Waals surface area contributed by atoms with E-state index in [1.807, 2.05) is 75.4 Å². The van der Waals surface area contributed by atoms with E-state index in [2.05, 4.69) is 0 Å². The molecule has 0 amide bonds. The van der Waals surface area contributed by atoms with Gasteiger partial charge in [-0.1, -0.05) is 54.6 Å². The van der Waals surface area contributed by atoms with E-state index < -0.39 is 23.6 Å². The van der Waals surface area contributed by atoms with Crippen molar-refractivity contribution in [1.29, 1.82) is 0 Å². The lowest BCUT2D eigenvalue weighted by Crippen LogP contribution is -2.30. The Morgan fingerprint density at radius 2 is 1.48 bits per heavy atom. The van der Waals surface area contributed by atoms with Crippen molar-refractivity contribution >= 4 is 5.97 Å². The van der Waals surface area contributed by atoms with Gasteiger partial charge in [0, 0.05) is 0 Å². The van der Waals surface area contributed by atoms with E-state index in [9.17, 15) is 9.90 Å². The van der Waals surface area contributed by atoms with Gasteiger partial charge < -0.3 is 9.84 Å². The highest BCUT2D eigenvalue weighted by molar-refractivity contribution is 5.73. The van der Waals surface area contributed by atoms with Crippen molar-refractivity contribution in [3.05, 3.63) is 60.2 Å². The molecular weight excluding hydrogens is 288 g/mol. The minimum Gasteiger partial charge on any atom is -0.460 e. The van der Waals surface area contributed by atoms with Crippen LogP contribution in [0.1, 0.15) is 39.4 Å². The molecule has 0 aliphatic heterocycles. The smallest absolute Gasteiger partial charge is 0.312 e. The van der Waals surface area contributed by atoms with Crippen LogP contribution in [-0.4, -0.2) is 16.7 Å². The molecule has 3 nitrogen and oxygen atoms in total. The van der Waals surface area contributed by atoms with Gasteiger partial charge in [0.25, 0.3) is 0 Å². The number of ether oxygens (including phenoxy) is 1. The molecule has 23 heavy (non-hydrogen) atoms. The van der Waals surface area contributed by atoms with Gasteiger partial charge in [0.2, 0.25) is 0 Å². The molecule has 0 aliphatic carbocycles. The third kappa shape index (κ3) is 4.67. The Morgan fingerprint density at radius 1 is 0.957 bits per heavy atom. The number of aliphatic hydroxyl groups excluding tert-OH is 1. The van der Waals surface area contributed by atoms with Crippen molar-refractivity contribution in [1.82, 2.24) is 0 Å². The van der Waals surface area contributed by atoms with Crippen LogP contribution in [0, 0.1) is 5.92 Å². The van der Waals surface area contributed by atoms with E-state index in [1.54, 1.807) is 6.92 Å². The van der Waals surface area contributed by atoms with Crippen molar-refractivity contribution in [2.75, 3.05) is 0 Å². The predicted molar refractivity (Wildman–Crippen MR) is 91.8 cm³/mol. The van der Waals surface area contributed by atoms with Crippen molar-refractivity contribution in [3.63, 3.8) is 0 Å². The number of hydrogen-bond donors (Lipinski definition) is 1. The van der Waals surface area contributed by atoms with Crippen molar-refractivity contribution in [3.8, 4) is 11.1 Å². The lowest BCUT2D eigenvalue weighted by molar-refractivity contribution is -0.163. The van der Waals surface area contributed by atoms with Crippen LogP contribution in [0.5, 0.6) is 0 Å². The standard InChI is InChI=1S/C20H24O3/c1-14(19(22)23-20(2,3)4)18(21)17-12-10-16(11-13-17)15-8-6-5-7-9-15/h5-14,18,21H,1-4H3/t14-,18-/m0/s1. The number of hydrogen-bond acceptors (Lipinski definition) is 3. The van der Waals surface area contributed by atoms with Gasteiger partial charge in [-0.3, -0.25) is 4.79 Å². The summed E-state index contributed by atoms with van der Waals surface area (Å²) in [6.45, 7) is 7.14. The molecule has 2 atom stereocenters. The largest absolute Gasteiger partial charge is 0.460 e. The van der Waals surface area contributed by atoms with Crippen LogP contribution in [0.2, 0.25) is 0 Å². The van der Waals surface area contributed by atoms with Gasteiger partial charge in [-0.05, 0) is 44.4 Å². The lowest BCUT2D eigenvalue weighted by Gasteiger charge is -2.24. The summed E-state index contributed by atoms with van der Waals surface area (Å²) in [4.78, 5) is 12.1. The van der Waals surface area contributed by atoms with Crippen LogP contribution >= 0.6 is 0 Å². The normalized spacial score (nSPS) is 14.1. The highest BCUT2D eigenvalue weighted by Gasteiger charge is 2.28. The molecule has 0 unspecified atom stereocenters. The first-order valence-corrected chi connectivity index (χ1v) is 7.84. The minimum absolute atomic E-state index is 0.392. The molecule has 3 heteroatoms. The molecule has 0 radical (unpaired) electrons. The second kappa shape index (κ2) is 6.97. The number of rotatable bonds is 4. The Bertz CT molecular complexity index is 639. The molecule has 2 aromatic carbocycles. The van der Waals surface area contributed by atoms with Gasteiger partial charge in [-0.2, -0.15) is 0 Å². The molecule has 0 saturated carbocycles. The molecular formula is C20H24O3. The summed E-state index contributed by atoms with van der Waals surface area (Å²) in [5, 5.41) is 10.4. The lowest BCUT2D eigenvalue weighted by atomic mass is 9.95. The second-order valence-corrected chi connectivity index (χ2v) is 6.76. The molecule has 0 spiro atoms. The number of carbonyl (C=O) groups is 1. The van der Waals surface area contributed by atoms with Crippen LogP contribution < -0.4 is 0 Å². The minimum atomic E-state index is -0.880. The fourth-order valence-corrected chi connectivity index (χ4v) is 2.32. The first-order valence-electron chi connectivity index (χ1n) is 7.84. The summed E-state index contributed by atoms with van der Waals surface area (Å²) in [5.41, 5.74) is 2.35. The summed E-state index contributed by atoms with van der Waals surface area (Å²) in [7, 11) is 0. The van der Waals surface area contributed by atoms with Crippen LogP contribution in [-0.2, 0) is 9.53 Å². The van der Waals surface area contributed by atoms with E-state index in [1.165, 1.54) is 0 Å². The topological polar surface area (TPSA) is 46.5 Å². The van der Waals surface area contributed by atoms with Gasteiger partial charge in [0.1, 0.15) is 5.60 Å². The quantitative estimate of drug-likeness (QED) is 0.853. The van der Waals surface area contributed by atoms with Gasteiger partial charge in [-0.25, -0.2) is 0 Å². The van der Waals surface area contributed by atoms with Crippen molar-refractivity contribution < 1.29 is 14.6 Å². The molecule has 2 aromatic rings. The SMILES string of the molecule is C[C@H](C(=O)OC(C)(C)C)[C@H](O)c1ccc(-c2ccccc2)cc1. The highest BCUT2D eigenvalue weighted by atomic mass is 16.6. The maximum absolute atomic E-state index is 12.1. The van der Waals surface area contributed by atoms with Crippen LogP contribution in [0.3, 0.4) is 0 Å². The average molecular weight is 312 g/mol. The molecule has 0 fully saturated rings. The second-order valence-electron chi connectivity index (χ2n) is 6.76. The van der Waals surface area contributed by atoms with Gasteiger partial charge in [0.05, 0.1) is 12.0 Å². The Morgan fingerprint density at radius 3 is 2.00 bits per heavy atom. The number of esters is 1. The zero-order chi connectivity index (χ0) is 17.0. The number of aliphatic hydroxyl groups is 1. The first kappa shape index (κ1) is 17.2. The van der Waals surface area contributed by atoms with Crippen LogP contribution in [0.25, 0.3) is 11.1 Å². The Hall–Kier alpha value is -2.13. The average Bonchev–Trinajstić information content (AvgIpc) is 2.53. The fourth-order valence-electron chi connectivity index (χ4n) is 2.32. The van der Waals surface area contributed by atoms with Gasteiger partial charge >= 0.3 is 5.97 Å². The number of benzene rings is 2. The molecule has 0 saturated heterocycles. The summed E-state index contributed by atoms with van der Waals surface area (Å²) >= 11 is 0. The highest BCUT2D eigenvalue weighted by Crippen LogP contribution is 2.27. The molecule has 0 bridgehead atoms. The zero-order valence-electron chi connectivity index (χ0n) is 14.1. The van der Waals surface area contributed by atoms with E-state index >= 15 is 0 Å². The molecule has 1 N–H and O–H groups in total. The van der Waals surface area contributed by atoms with E-state index in [4.69, 9.17) is 4.74 Å². The summed E-state index contributed by atoms with van der Waals surface area (Å²) in [5.74, 6) is -1.01. The van der Waals surface area contributed by atoms with Crippen molar-refractivity contribution in [2.24, 2.45) is 5.92 Å². The molecule has 2 rings (SSSR count). The zero-order valence-corrected chi connectivity index (χ0v) is 14.1. The van der Waals surface area contributed by atoms with E-state index in [0.717, 1.165) is 11.1 Å². The molecule has 0 aliphatic rings. The molecule has 122 valence electrons. The Labute approximate surface area is 137 Å². The maximum atomic E-state index is 12.1.